The van der Waals surface area contributed by atoms with Gasteiger partial charge in [-0.2, -0.15) is 4.98 Å². The van der Waals surface area contributed by atoms with Crippen LogP contribution in [0.5, 0.6) is 6.01 Å². The molecule has 1 aromatic rings. The van der Waals surface area contributed by atoms with Crippen LogP contribution in [-0.4, -0.2) is 46.4 Å². The normalized spacial score (nSPS) is 28.5. The van der Waals surface area contributed by atoms with Crippen molar-refractivity contribution in [2.45, 2.75) is 38.4 Å². The number of nitrogens with zero attached hydrogens (tertiary/aromatic N) is 2. The average Bonchev–Trinajstić information content (AvgIpc) is 2.92. The van der Waals surface area contributed by atoms with Crippen LogP contribution in [0.15, 0.2) is 17.1 Å². The number of carbonyl (C=O) groups is 2. The highest BCUT2D eigenvalue weighted by Gasteiger charge is 2.54. The number of aromatic nitrogens is 2. The molecule has 1 saturated heterocycles. The van der Waals surface area contributed by atoms with Gasteiger partial charge in [0.25, 0.3) is 5.56 Å². The summed E-state index contributed by atoms with van der Waals surface area (Å²) in [5.41, 5.74) is -0.438. The fourth-order valence-corrected chi connectivity index (χ4v) is 2.52. The SMILES string of the molecule is CC(=O)OC[C@@H]1O[C@@H]2[C@@H](Oc3nc(=O)ccn32)[C@H]1OC(C)=O. The Labute approximate surface area is 124 Å². The first-order valence-corrected chi connectivity index (χ1v) is 6.67. The van der Waals surface area contributed by atoms with Crippen LogP contribution in [0, 0.1) is 0 Å². The maximum absolute atomic E-state index is 11.3. The minimum absolute atomic E-state index is 0.0629. The molecule has 0 bridgehead atoms. The molecule has 0 aliphatic carbocycles. The maximum Gasteiger partial charge on any atom is 0.303 e. The number of hydrogen-bond donors (Lipinski definition) is 0. The molecule has 3 rings (SSSR count). The van der Waals surface area contributed by atoms with Gasteiger partial charge < -0.3 is 18.9 Å². The van der Waals surface area contributed by atoms with Gasteiger partial charge in [-0.3, -0.25) is 19.0 Å². The predicted octanol–water partition coefficient (Wildman–Crippen LogP) is -0.604. The van der Waals surface area contributed by atoms with Gasteiger partial charge in [0.1, 0.15) is 12.7 Å². The second-order valence-electron chi connectivity index (χ2n) is 4.98. The molecule has 0 amide bonds. The van der Waals surface area contributed by atoms with E-state index in [4.69, 9.17) is 18.9 Å². The lowest BCUT2D eigenvalue weighted by Gasteiger charge is -2.20. The summed E-state index contributed by atoms with van der Waals surface area (Å²) in [7, 11) is 0. The zero-order valence-corrected chi connectivity index (χ0v) is 11.9. The summed E-state index contributed by atoms with van der Waals surface area (Å²) in [4.78, 5) is 37.2. The van der Waals surface area contributed by atoms with Gasteiger partial charge in [0.05, 0.1) is 0 Å². The van der Waals surface area contributed by atoms with E-state index in [9.17, 15) is 14.4 Å². The van der Waals surface area contributed by atoms with E-state index >= 15 is 0 Å². The molecule has 1 aromatic heterocycles. The molecule has 9 nitrogen and oxygen atoms in total. The molecule has 22 heavy (non-hydrogen) atoms. The quantitative estimate of drug-likeness (QED) is 0.681. The van der Waals surface area contributed by atoms with Crippen LogP contribution in [0.3, 0.4) is 0 Å². The predicted molar refractivity (Wildman–Crippen MR) is 69.0 cm³/mol. The van der Waals surface area contributed by atoms with E-state index < -0.39 is 42.0 Å². The molecule has 0 saturated carbocycles. The van der Waals surface area contributed by atoms with Crippen LogP contribution in [0.25, 0.3) is 0 Å². The van der Waals surface area contributed by atoms with Gasteiger partial charge in [0.15, 0.2) is 18.4 Å². The van der Waals surface area contributed by atoms with Crippen LogP contribution in [0.1, 0.15) is 20.1 Å². The van der Waals surface area contributed by atoms with E-state index in [-0.39, 0.29) is 12.6 Å². The van der Waals surface area contributed by atoms with Crippen molar-refractivity contribution in [2.75, 3.05) is 6.61 Å². The fourth-order valence-electron chi connectivity index (χ4n) is 2.52. The Bertz CT molecular complexity index is 671. The van der Waals surface area contributed by atoms with Crippen molar-refractivity contribution >= 4 is 11.9 Å². The van der Waals surface area contributed by atoms with Crippen molar-refractivity contribution in [1.29, 1.82) is 0 Å². The molecule has 3 heterocycles. The van der Waals surface area contributed by atoms with E-state index in [0.717, 1.165) is 0 Å². The minimum atomic E-state index is -0.765. The average molecular weight is 310 g/mol. The van der Waals surface area contributed by atoms with Gasteiger partial charge in [0, 0.05) is 26.1 Å². The first-order chi connectivity index (χ1) is 10.5. The van der Waals surface area contributed by atoms with Crippen molar-refractivity contribution < 1.29 is 28.5 Å². The van der Waals surface area contributed by atoms with Crippen LogP contribution >= 0.6 is 0 Å². The number of carbonyl (C=O) groups excluding carboxylic acids is 2. The molecule has 2 aliphatic heterocycles. The van der Waals surface area contributed by atoms with Crippen molar-refractivity contribution in [1.82, 2.24) is 9.55 Å². The van der Waals surface area contributed by atoms with Gasteiger partial charge in [0.2, 0.25) is 0 Å². The lowest BCUT2D eigenvalue weighted by atomic mass is 10.1. The number of rotatable bonds is 3. The smallest absolute Gasteiger partial charge is 0.303 e. The molecule has 0 N–H and O–H groups in total. The monoisotopic (exact) mass is 310 g/mol. The van der Waals surface area contributed by atoms with Gasteiger partial charge in [-0.1, -0.05) is 0 Å². The molecule has 2 aliphatic rings. The summed E-state index contributed by atoms with van der Waals surface area (Å²) >= 11 is 0. The standard InChI is InChI=1S/C13H14N2O7/c1-6(16)19-5-8-10(20-7(2)17)11-12(21-8)15-4-3-9(18)14-13(15)22-11/h3-4,8,10-12H,5H2,1-2H3/t8-,10-,11-,12+/m0/s1. The van der Waals surface area contributed by atoms with Gasteiger partial charge >= 0.3 is 17.9 Å². The first-order valence-electron chi connectivity index (χ1n) is 6.67. The molecule has 4 atom stereocenters. The third-order valence-corrected chi connectivity index (χ3v) is 3.36. The topological polar surface area (TPSA) is 106 Å². The summed E-state index contributed by atoms with van der Waals surface area (Å²) in [6, 6.07) is 1.38. The maximum atomic E-state index is 11.3. The van der Waals surface area contributed by atoms with Crippen LogP contribution in [0.2, 0.25) is 0 Å². The Morgan fingerprint density at radius 3 is 2.82 bits per heavy atom. The third-order valence-electron chi connectivity index (χ3n) is 3.36. The van der Waals surface area contributed by atoms with Gasteiger partial charge in [-0.15, -0.1) is 0 Å². The lowest BCUT2D eigenvalue weighted by Crippen LogP contribution is -2.39. The van der Waals surface area contributed by atoms with Crippen LogP contribution < -0.4 is 10.3 Å². The largest absolute Gasteiger partial charge is 0.463 e. The number of esters is 2. The Kier molecular flexibility index (Phi) is 3.57. The molecule has 0 unspecified atom stereocenters. The van der Waals surface area contributed by atoms with Crippen molar-refractivity contribution in [3.05, 3.63) is 22.6 Å². The Morgan fingerprint density at radius 2 is 2.14 bits per heavy atom. The second kappa shape index (κ2) is 5.41. The highest BCUT2D eigenvalue weighted by atomic mass is 16.7. The number of ether oxygens (including phenoxy) is 4. The van der Waals surface area contributed by atoms with E-state index in [1.165, 1.54) is 30.7 Å². The summed E-state index contributed by atoms with van der Waals surface area (Å²) in [5.74, 6) is -0.974. The van der Waals surface area contributed by atoms with E-state index in [1.54, 1.807) is 0 Å². The Balaban J connectivity index is 1.84. The molecule has 1 fully saturated rings. The highest BCUT2D eigenvalue weighted by Crippen LogP contribution is 2.40. The molecular weight excluding hydrogens is 296 g/mol. The minimum Gasteiger partial charge on any atom is -0.463 e. The molecule has 0 spiro atoms. The summed E-state index contributed by atoms with van der Waals surface area (Å²) < 4.78 is 23.0. The number of fused-ring (bicyclic) bond motifs is 3. The zero-order valence-electron chi connectivity index (χ0n) is 11.9. The van der Waals surface area contributed by atoms with E-state index in [2.05, 4.69) is 4.98 Å². The molecule has 9 heteroatoms. The van der Waals surface area contributed by atoms with Gasteiger partial charge in [-0.05, 0) is 0 Å². The Hall–Kier alpha value is -2.42. The molecule has 0 aromatic carbocycles. The lowest BCUT2D eigenvalue weighted by molar-refractivity contribution is -0.157. The summed E-state index contributed by atoms with van der Waals surface area (Å²) in [5, 5.41) is 0. The van der Waals surface area contributed by atoms with Crippen molar-refractivity contribution in [3.8, 4) is 6.01 Å². The van der Waals surface area contributed by atoms with Crippen LogP contribution in [0.4, 0.5) is 0 Å². The van der Waals surface area contributed by atoms with Crippen molar-refractivity contribution in [3.63, 3.8) is 0 Å². The van der Waals surface area contributed by atoms with E-state index in [1.807, 2.05) is 0 Å². The zero-order chi connectivity index (χ0) is 15.9. The Morgan fingerprint density at radius 1 is 1.36 bits per heavy atom. The fraction of sp³-hybridized carbons (Fsp3) is 0.538. The van der Waals surface area contributed by atoms with Gasteiger partial charge in [-0.25, -0.2) is 0 Å². The molecule has 0 radical (unpaired) electrons. The summed E-state index contributed by atoms with van der Waals surface area (Å²) in [6.07, 6.45) is -1.19. The number of hydrogen-bond acceptors (Lipinski definition) is 8. The first kappa shape index (κ1) is 14.5. The van der Waals surface area contributed by atoms with Crippen LogP contribution in [-0.2, 0) is 23.8 Å². The summed E-state index contributed by atoms with van der Waals surface area (Å²) in [6.45, 7) is 2.48. The van der Waals surface area contributed by atoms with Crippen molar-refractivity contribution in [2.24, 2.45) is 0 Å². The second-order valence-corrected chi connectivity index (χ2v) is 4.98. The molecular formula is C13H14N2O7. The third kappa shape index (κ3) is 2.54. The highest BCUT2D eigenvalue weighted by molar-refractivity contribution is 5.66. The molecule has 118 valence electrons. The van der Waals surface area contributed by atoms with E-state index in [0.29, 0.717) is 0 Å².